The quantitative estimate of drug-likeness (QED) is 0.0913. The van der Waals surface area contributed by atoms with Crippen molar-refractivity contribution in [1.29, 1.82) is 0 Å². The topological polar surface area (TPSA) is 257 Å². The first-order valence-electron chi connectivity index (χ1n) is 24.7. The van der Waals surface area contributed by atoms with Crippen molar-refractivity contribution in [3.8, 4) is 0 Å². The number of likely N-dealkylation sites (N-methyl/N-ethyl adjacent to an activating group) is 2. The number of rotatable bonds is 18. The lowest BCUT2D eigenvalue weighted by molar-refractivity contribution is -0.144. The molecule has 0 unspecified atom stereocenters. The Morgan fingerprint density at radius 3 is 1.31 bits per heavy atom. The normalized spacial score (nSPS) is 20.5. The molecule has 3 aromatic rings. The number of aromatic nitrogens is 2. The van der Waals surface area contributed by atoms with E-state index in [1.807, 2.05) is 116 Å². The van der Waals surface area contributed by atoms with Gasteiger partial charge in [0.05, 0.1) is 24.2 Å². The van der Waals surface area contributed by atoms with E-state index in [1.165, 1.54) is 27.6 Å². The molecule has 5 rings (SSSR count). The van der Waals surface area contributed by atoms with Crippen molar-refractivity contribution < 1.29 is 38.4 Å². The summed E-state index contributed by atoms with van der Waals surface area (Å²) in [5.41, 5.74) is 0.0960. The number of carbonyl (C=O) groups excluding carboxylic acids is 8. The van der Waals surface area contributed by atoms with Crippen LogP contribution in [0.3, 0.4) is 0 Å². The number of hydrogen-bond donors (Lipinski definition) is 8. The lowest BCUT2D eigenvalue weighted by Gasteiger charge is -2.36. The van der Waals surface area contributed by atoms with Gasteiger partial charge < -0.3 is 52.3 Å². The molecule has 1 aromatic heterocycles. The lowest BCUT2D eigenvalue weighted by Crippen LogP contribution is -2.59. The first-order chi connectivity index (χ1) is 33.7. The molecule has 2 aliphatic rings. The Balaban J connectivity index is 1.35. The zero-order valence-electron chi connectivity index (χ0n) is 44.0. The molecule has 2 aliphatic heterocycles. The molecule has 2 aromatic carbocycles. The van der Waals surface area contributed by atoms with Crippen molar-refractivity contribution in [3.05, 3.63) is 89.2 Å². The summed E-state index contributed by atoms with van der Waals surface area (Å²) >= 11 is 0. The number of amides is 8. The van der Waals surface area contributed by atoms with Crippen molar-refractivity contribution in [2.24, 2.45) is 17.9 Å². The van der Waals surface area contributed by atoms with Gasteiger partial charge >= 0.3 is 0 Å². The highest BCUT2D eigenvalue weighted by Crippen LogP contribution is 2.29. The average Bonchev–Trinajstić information content (AvgIpc) is 4.08. The highest BCUT2D eigenvalue weighted by atomic mass is 16.2. The Morgan fingerprint density at radius 2 is 0.944 bits per heavy atom. The summed E-state index contributed by atoms with van der Waals surface area (Å²) in [6.45, 7) is 17.8. The number of aryl methyl sites for hydroxylation is 1. The van der Waals surface area contributed by atoms with E-state index in [0.717, 1.165) is 11.1 Å². The standard InChI is InChI=1S/C52H76N12O8/c1-29(33-20-16-14-17-21-33)55-47(69)39-24-35(27-63(39)49(71)41(51(5,6)7)59-43(65)31(3)53-11)57-45(67)37-26-38(62(13)61-37)46(68)58-36-25-40(48(70)56-30(2)34-22-18-15-19-23-34)64(28-36)50(72)42(52(8,9)10)60-44(66)32(4)54-12/h14-23,26,29-32,35-36,39-42,53-54H,24-25,27-28H2,1-13H3,(H,55,69)(H,56,70)(H,57,67)(H,58,68)(H,59,65)(H,60,66)/t29-,30-,31+,32+,35+,36+,39+,40+,41-,42-/m1/s1. The van der Waals surface area contributed by atoms with Gasteiger partial charge in [0.15, 0.2) is 5.69 Å². The van der Waals surface area contributed by atoms with E-state index in [-0.39, 0.29) is 37.3 Å². The monoisotopic (exact) mass is 997 g/mol. The lowest BCUT2D eigenvalue weighted by atomic mass is 9.85. The highest BCUT2D eigenvalue weighted by Gasteiger charge is 2.48. The van der Waals surface area contributed by atoms with E-state index in [9.17, 15) is 38.4 Å². The van der Waals surface area contributed by atoms with Crippen LogP contribution in [-0.2, 0) is 35.8 Å². The molecule has 0 radical (unpaired) electrons. The zero-order chi connectivity index (χ0) is 53.4. The molecule has 0 aliphatic carbocycles. The number of nitrogens with one attached hydrogen (secondary N) is 8. The number of hydrogen-bond acceptors (Lipinski definition) is 11. The molecule has 20 nitrogen and oxygen atoms in total. The van der Waals surface area contributed by atoms with E-state index < -0.39 is 119 Å². The minimum atomic E-state index is -1.02. The Bertz CT molecular complexity index is 2430. The van der Waals surface area contributed by atoms with Crippen LogP contribution in [0.5, 0.6) is 0 Å². The van der Waals surface area contributed by atoms with Gasteiger partial charge in [0.1, 0.15) is 29.9 Å². The fourth-order valence-corrected chi connectivity index (χ4v) is 8.87. The predicted molar refractivity (Wildman–Crippen MR) is 272 cm³/mol. The number of carbonyl (C=O) groups is 8. The van der Waals surface area contributed by atoms with Crippen LogP contribution in [0, 0.1) is 10.8 Å². The van der Waals surface area contributed by atoms with Gasteiger partial charge in [-0.2, -0.15) is 5.10 Å². The van der Waals surface area contributed by atoms with E-state index in [2.05, 4.69) is 47.6 Å². The Hall–Kier alpha value is -6.67. The van der Waals surface area contributed by atoms with Crippen molar-refractivity contribution in [1.82, 2.24) is 62.1 Å². The number of nitrogens with zero attached hydrogens (tertiary/aromatic N) is 4. The highest BCUT2D eigenvalue weighted by molar-refractivity contribution is 5.99. The fraction of sp³-hybridized carbons (Fsp3) is 0.558. The molecule has 0 spiro atoms. The minimum Gasteiger partial charge on any atom is -0.348 e. The summed E-state index contributed by atoms with van der Waals surface area (Å²) in [5, 5.41) is 27.8. The second-order valence-electron chi connectivity index (χ2n) is 21.3. The molecular weight excluding hydrogens is 921 g/mol. The maximum Gasteiger partial charge on any atom is 0.272 e. The van der Waals surface area contributed by atoms with Crippen LogP contribution >= 0.6 is 0 Å². The molecule has 8 N–H and O–H groups in total. The first kappa shape index (κ1) is 56.2. The summed E-state index contributed by atoms with van der Waals surface area (Å²) in [4.78, 5) is 114. The molecule has 10 atom stereocenters. The Kier molecular flexibility index (Phi) is 18.5. The smallest absolute Gasteiger partial charge is 0.272 e. The third-order valence-corrected chi connectivity index (χ3v) is 13.6. The van der Waals surface area contributed by atoms with Crippen LogP contribution in [0.15, 0.2) is 66.7 Å². The van der Waals surface area contributed by atoms with E-state index in [4.69, 9.17) is 0 Å². The summed E-state index contributed by atoms with van der Waals surface area (Å²) in [6.07, 6.45) is 0.102. The van der Waals surface area contributed by atoms with Gasteiger partial charge in [-0.25, -0.2) is 0 Å². The van der Waals surface area contributed by atoms with Gasteiger partial charge in [-0.15, -0.1) is 0 Å². The minimum absolute atomic E-state index is 0.0134. The molecule has 2 fully saturated rings. The molecule has 392 valence electrons. The molecule has 8 amide bonds. The third-order valence-electron chi connectivity index (χ3n) is 13.6. The fourth-order valence-electron chi connectivity index (χ4n) is 8.87. The number of likely N-dealkylation sites (tertiary alicyclic amines) is 2. The number of benzene rings is 2. The van der Waals surface area contributed by atoms with Crippen molar-refractivity contribution in [2.75, 3.05) is 27.2 Å². The van der Waals surface area contributed by atoms with Crippen LogP contribution in [0.1, 0.15) is 126 Å². The summed E-state index contributed by atoms with van der Waals surface area (Å²) in [7, 11) is 4.77. The Labute approximate surface area is 423 Å². The Morgan fingerprint density at radius 1 is 0.569 bits per heavy atom. The van der Waals surface area contributed by atoms with E-state index in [0.29, 0.717) is 0 Å². The molecule has 72 heavy (non-hydrogen) atoms. The van der Waals surface area contributed by atoms with Gasteiger partial charge in [0.25, 0.3) is 11.8 Å². The van der Waals surface area contributed by atoms with E-state index in [1.54, 1.807) is 27.9 Å². The average molecular weight is 997 g/mol. The van der Waals surface area contributed by atoms with Gasteiger partial charge in [-0.1, -0.05) is 102 Å². The largest absolute Gasteiger partial charge is 0.348 e. The van der Waals surface area contributed by atoms with Crippen LogP contribution in [0.2, 0.25) is 0 Å². The second-order valence-corrected chi connectivity index (χ2v) is 21.3. The van der Waals surface area contributed by atoms with Crippen LogP contribution < -0.4 is 42.5 Å². The van der Waals surface area contributed by atoms with Crippen molar-refractivity contribution in [3.63, 3.8) is 0 Å². The molecule has 20 heteroatoms. The molecule has 0 saturated carbocycles. The first-order valence-corrected chi connectivity index (χ1v) is 24.7. The van der Waals surface area contributed by atoms with E-state index >= 15 is 0 Å². The predicted octanol–water partition coefficient (Wildman–Crippen LogP) is 1.85. The van der Waals surface area contributed by atoms with Crippen molar-refractivity contribution in [2.45, 2.75) is 142 Å². The SMILES string of the molecule is CN[C@@H](C)C(=O)N[C@H](C(=O)N1C[C@@H](NC(=O)c2cc(C(=O)N[C@H]3C[C@@H](C(=O)N[C@H](C)c4ccccc4)N(C(=O)[C@@H](NC(=O)[C@H](C)NC)C(C)(C)C)C3)n(C)n2)C[C@H]1C(=O)N[C@H](C)c1ccccc1)C(C)(C)C. The molecule has 2 saturated heterocycles. The summed E-state index contributed by atoms with van der Waals surface area (Å²) < 4.78 is 1.25. The molecule has 3 heterocycles. The summed E-state index contributed by atoms with van der Waals surface area (Å²) in [5.74, 6) is -3.90. The summed E-state index contributed by atoms with van der Waals surface area (Å²) in [6, 6.07) is 12.5. The van der Waals surface area contributed by atoms with Crippen LogP contribution in [0.25, 0.3) is 0 Å². The molecular formula is C52H76N12O8. The zero-order valence-corrected chi connectivity index (χ0v) is 44.0. The third kappa shape index (κ3) is 13.8. The van der Waals surface area contributed by atoms with Crippen molar-refractivity contribution >= 4 is 47.3 Å². The second kappa shape index (κ2) is 23.7. The maximum absolute atomic E-state index is 14.5. The van der Waals surface area contributed by atoms with Gasteiger partial charge in [-0.3, -0.25) is 43.0 Å². The molecule has 0 bridgehead atoms. The maximum atomic E-state index is 14.5. The van der Waals surface area contributed by atoms with Gasteiger partial charge in [0.2, 0.25) is 35.4 Å². The van der Waals surface area contributed by atoms with Crippen LogP contribution in [0.4, 0.5) is 0 Å². The van der Waals surface area contributed by atoms with Crippen LogP contribution in [-0.4, -0.2) is 142 Å². The van der Waals surface area contributed by atoms with Gasteiger partial charge in [0, 0.05) is 38.3 Å². The van der Waals surface area contributed by atoms with Gasteiger partial charge in [-0.05, 0) is 76.6 Å².